The first-order valence-electron chi connectivity index (χ1n) is 6.33. The van der Waals surface area contributed by atoms with Crippen LogP contribution in [0.2, 0.25) is 0 Å². The van der Waals surface area contributed by atoms with Gasteiger partial charge in [0.15, 0.2) is 5.69 Å². The van der Waals surface area contributed by atoms with E-state index in [1.54, 1.807) is 37.3 Å². The van der Waals surface area contributed by atoms with Gasteiger partial charge in [-0.1, -0.05) is 18.2 Å². The van der Waals surface area contributed by atoms with Crippen LogP contribution < -0.4 is 5.43 Å². The van der Waals surface area contributed by atoms with Crippen LogP contribution in [0.1, 0.15) is 21.7 Å². The zero-order valence-corrected chi connectivity index (χ0v) is 11.7. The van der Waals surface area contributed by atoms with Crippen LogP contribution in [-0.4, -0.2) is 27.2 Å². The molecular formula is C14H13N5O3. The second-order valence-electron chi connectivity index (χ2n) is 4.37. The van der Waals surface area contributed by atoms with Gasteiger partial charge in [0, 0.05) is 24.0 Å². The van der Waals surface area contributed by atoms with E-state index in [0.717, 1.165) is 5.69 Å². The molecular weight excluding hydrogens is 286 g/mol. The van der Waals surface area contributed by atoms with Crippen molar-refractivity contribution in [2.24, 2.45) is 5.10 Å². The van der Waals surface area contributed by atoms with E-state index in [-0.39, 0.29) is 11.4 Å². The average molecular weight is 299 g/mol. The predicted molar refractivity (Wildman–Crippen MR) is 81.4 cm³/mol. The minimum absolute atomic E-state index is 0.0151. The Kier molecular flexibility index (Phi) is 4.76. The fourth-order valence-corrected chi connectivity index (χ4v) is 1.63. The van der Waals surface area contributed by atoms with Crippen LogP contribution in [0.5, 0.6) is 0 Å². The zero-order chi connectivity index (χ0) is 15.9. The highest BCUT2D eigenvalue weighted by atomic mass is 16.6. The lowest BCUT2D eigenvalue weighted by molar-refractivity contribution is -0.384. The maximum atomic E-state index is 11.6. The molecule has 0 bridgehead atoms. The third-order valence-corrected chi connectivity index (χ3v) is 2.63. The molecule has 112 valence electrons. The highest BCUT2D eigenvalue weighted by Crippen LogP contribution is 2.13. The highest BCUT2D eigenvalue weighted by Gasteiger charge is 2.07. The number of hydrogen-bond acceptors (Lipinski definition) is 5. The number of nitrogens with zero attached hydrogens (tertiary/aromatic N) is 3. The lowest BCUT2D eigenvalue weighted by Crippen LogP contribution is -2.17. The Morgan fingerprint density at radius 3 is 2.95 bits per heavy atom. The second-order valence-corrected chi connectivity index (χ2v) is 4.37. The van der Waals surface area contributed by atoms with E-state index in [0.29, 0.717) is 5.56 Å². The van der Waals surface area contributed by atoms with Gasteiger partial charge >= 0.3 is 0 Å². The first kappa shape index (κ1) is 15.1. The maximum Gasteiger partial charge on any atom is 0.291 e. The second kappa shape index (κ2) is 6.93. The largest absolute Gasteiger partial charge is 0.291 e. The van der Waals surface area contributed by atoms with E-state index in [2.05, 4.69) is 20.7 Å². The molecule has 8 heteroatoms. The summed E-state index contributed by atoms with van der Waals surface area (Å²) in [5.41, 5.74) is 4.02. The number of aromatic amines is 1. The molecule has 2 aromatic rings. The van der Waals surface area contributed by atoms with Crippen molar-refractivity contribution in [3.8, 4) is 0 Å². The van der Waals surface area contributed by atoms with Gasteiger partial charge in [-0.15, -0.1) is 0 Å². The minimum atomic E-state index is -0.461. The molecule has 2 rings (SSSR count). The molecule has 1 aromatic heterocycles. The van der Waals surface area contributed by atoms with Crippen molar-refractivity contribution in [2.45, 2.75) is 6.92 Å². The van der Waals surface area contributed by atoms with Crippen molar-refractivity contribution in [2.75, 3.05) is 0 Å². The summed E-state index contributed by atoms with van der Waals surface area (Å²) in [6.45, 7) is 1.79. The molecule has 0 radical (unpaired) electrons. The van der Waals surface area contributed by atoms with E-state index < -0.39 is 10.8 Å². The third kappa shape index (κ3) is 4.10. The molecule has 22 heavy (non-hydrogen) atoms. The van der Waals surface area contributed by atoms with Crippen molar-refractivity contribution >= 4 is 23.9 Å². The van der Waals surface area contributed by atoms with Gasteiger partial charge in [-0.25, -0.2) is 5.43 Å². The number of nitro groups is 1. The van der Waals surface area contributed by atoms with E-state index in [1.807, 2.05) is 0 Å². The summed E-state index contributed by atoms with van der Waals surface area (Å²) in [4.78, 5) is 21.8. The van der Waals surface area contributed by atoms with Crippen LogP contribution in [-0.2, 0) is 0 Å². The Morgan fingerprint density at radius 2 is 2.27 bits per heavy atom. The van der Waals surface area contributed by atoms with Gasteiger partial charge < -0.3 is 0 Å². The number of rotatable bonds is 5. The number of hydrazone groups is 1. The number of aromatic nitrogens is 2. The predicted octanol–water partition coefficient (Wildman–Crippen LogP) is 2.06. The van der Waals surface area contributed by atoms with Gasteiger partial charge in [-0.3, -0.25) is 20.0 Å². The van der Waals surface area contributed by atoms with Gasteiger partial charge in [0.1, 0.15) is 0 Å². The standard InChI is InChI=1S/C14H13N5O3/c1-10-8-13(17-16-10)14(20)18-15-7-3-5-11-4-2-6-12(9-11)19(21)22/h2-9H,1H3,(H,16,17)(H,18,20). The molecule has 0 aliphatic carbocycles. The molecule has 0 saturated heterocycles. The molecule has 0 spiro atoms. The highest BCUT2D eigenvalue weighted by molar-refractivity contribution is 5.93. The van der Waals surface area contributed by atoms with Gasteiger partial charge in [0.25, 0.3) is 11.6 Å². The number of allylic oxidation sites excluding steroid dienone is 1. The summed E-state index contributed by atoms with van der Waals surface area (Å²) in [5, 5.41) is 20.8. The molecule has 0 aliphatic rings. The Hall–Kier alpha value is -3.29. The SMILES string of the molecule is Cc1cc(C(=O)NN=CC=Cc2cccc([N+](=O)[O-])c2)n[nH]1. The van der Waals surface area contributed by atoms with Crippen LogP contribution in [0.4, 0.5) is 5.69 Å². The summed E-state index contributed by atoms with van der Waals surface area (Å²) in [7, 11) is 0. The van der Waals surface area contributed by atoms with E-state index in [1.165, 1.54) is 18.3 Å². The van der Waals surface area contributed by atoms with Crippen molar-refractivity contribution in [3.05, 3.63) is 63.5 Å². The topological polar surface area (TPSA) is 113 Å². The van der Waals surface area contributed by atoms with Crippen LogP contribution >= 0.6 is 0 Å². The molecule has 8 nitrogen and oxygen atoms in total. The Bertz CT molecular complexity index is 748. The zero-order valence-electron chi connectivity index (χ0n) is 11.7. The number of amides is 1. The van der Waals surface area contributed by atoms with Crippen LogP contribution in [0, 0.1) is 17.0 Å². The molecule has 0 fully saturated rings. The number of aryl methyl sites for hydroxylation is 1. The lowest BCUT2D eigenvalue weighted by Gasteiger charge is -1.94. The molecule has 1 aromatic carbocycles. The van der Waals surface area contributed by atoms with Gasteiger partial charge in [-0.2, -0.15) is 10.2 Å². The fourth-order valence-electron chi connectivity index (χ4n) is 1.63. The number of carbonyl (C=O) groups is 1. The van der Waals surface area contributed by atoms with Gasteiger partial charge in [-0.05, 0) is 24.6 Å². The number of nitrogens with one attached hydrogen (secondary N) is 2. The Balaban J connectivity index is 1.90. The van der Waals surface area contributed by atoms with E-state index in [9.17, 15) is 14.9 Å². The summed E-state index contributed by atoms with van der Waals surface area (Å²) in [6, 6.07) is 7.77. The smallest absolute Gasteiger partial charge is 0.282 e. The number of benzene rings is 1. The first-order chi connectivity index (χ1) is 10.6. The summed E-state index contributed by atoms with van der Waals surface area (Å²) < 4.78 is 0. The van der Waals surface area contributed by atoms with Gasteiger partial charge in [0.05, 0.1) is 4.92 Å². The van der Waals surface area contributed by atoms with Crippen LogP contribution in [0.25, 0.3) is 6.08 Å². The third-order valence-electron chi connectivity index (χ3n) is 2.63. The quantitative estimate of drug-likeness (QED) is 0.499. The van der Waals surface area contributed by atoms with E-state index in [4.69, 9.17) is 0 Å². The number of non-ortho nitro benzene ring substituents is 1. The number of hydrogen-bond donors (Lipinski definition) is 2. The Morgan fingerprint density at radius 1 is 1.45 bits per heavy atom. The monoisotopic (exact) mass is 299 g/mol. The number of H-pyrrole nitrogens is 1. The van der Waals surface area contributed by atoms with Crippen LogP contribution in [0.3, 0.4) is 0 Å². The van der Waals surface area contributed by atoms with Crippen molar-refractivity contribution < 1.29 is 9.72 Å². The molecule has 1 heterocycles. The van der Waals surface area contributed by atoms with E-state index >= 15 is 0 Å². The lowest BCUT2D eigenvalue weighted by atomic mass is 10.2. The molecule has 0 aliphatic heterocycles. The molecule has 1 amide bonds. The molecule has 2 N–H and O–H groups in total. The number of carbonyl (C=O) groups excluding carboxylic acids is 1. The van der Waals surface area contributed by atoms with Gasteiger partial charge in [0.2, 0.25) is 0 Å². The summed E-state index contributed by atoms with van der Waals surface area (Å²) in [6.07, 6.45) is 4.58. The molecule has 0 atom stereocenters. The molecule has 0 unspecified atom stereocenters. The summed E-state index contributed by atoms with van der Waals surface area (Å²) in [5.74, 6) is -0.427. The first-order valence-corrected chi connectivity index (χ1v) is 6.33. The fraction of sp³-hybridized carbons (Fsp3) is 0.0714. The molecule has 0 saturated carbocycles. The minimum Gasteiger partial charge on any atom is -0.282 e. The average Bonchev–Trinajstić information content (AvgIpc) is 2.93. The Labute approximate surface area is 125 Å². The van der Waals surface area contributed by atoms with Crippen LogP contribution in [0.15, 0.2) is 41.5 Å². The maximum absolute atomic E-state index is 11.6. The van der Waals surface area contributed by atoms with Crippen molar-refractivity contribution in [3.63, 3.8) is 0 Å². The van der Waals surface area contributed by atoms with Crippen molar-refractivity contribution in [1.29, 1.82) is 0 Å². The van der Waals surface area contributed by atoms with Crippen molar-refractivity contribution in [1.82, 2.24) is 15.6 Å². The normalized spacial score (nSPS) is 11.1. The number of nitro benzene ring substituents is 1. The summed E-state index contributed by atoms with van der Waals surface area (Å²) >= 11 is 0.